The fourth-order valence-electron chi connectivity index (χ4n) is 7.21. The van der Waals surface area contributed by atoms with Crippen molar-refractivity contribution in [2.24, 2.45) is 0 Å². The van der Waals surface area contributed by atoms with Gasteiger partial charge in [0.25, 0.3) is 0 Å². The van der Waals surface area contributed by atoms with Gasteiger partial charge >= 0.3 is 7.82 Å². The number of allylic oxidation sites excluding steroid dienone is 17. The predicted molar refractivity (Wildman–Crippen MR) is 295 cm³/mol. The molecule has 0 aromatic carbocycles. The van der Waals surface area contributed by atoms with E-state index >= 15 is 0 Å². The molecule has 3 unspecified atom stereocenters. The average molecular weight is 968 g/mol. The summed E-state index contributed by atoms with van der Waals surface area (Å²) in [5.74, 6) is -0.194. The van der Waals surface area contributed by atoms with Crippen LogP contribution in [-0.4, -0.2) is 73.4 Å². The second-order valence-electron chi connectivity index (χ2n) is 19.2. The number of hydrogen-bond donors (Lipinski definition) is 3. The topological polar surface area (TPSA) is 105 Å². The lowest BCUT2D eigenvalue weighted by molar-refractivity contribution is -0.870. The number of phosphoric ester groups is 1. The van der Waals surface area contributed by atoms with Crippen molar-refractivity contribution >= 4 is 13.7 Å². The molecule has 0 spiro atoms. The third kappa shape index (κ3) is 51.0. The van der Waals surface area contributed by atoms with Crippen molar-refractivity contribution < 1.29 is 32.9 Å². The van der Waals surface area contributed by atoms with Crippen molar-refractivity contribution in [2.45, 2.75) is 219 Å². The summed E-state index contributed by atoms with van der Waals surface area (Å²) in [6, 6.07) is -0.866. The fourth-order valence-corrected chi connectivity index (χ4v) is 7.95. The molecule has 1 amide bonds. The number of nitrogens with zero attached hydrogens (tertiary/aromatic N) is 1. The second-order valence-corrected chi connectivity index (χ2v) is 20.7. The molecule has 68 heavy (non-hydrogen) atoms. The number of nitrogens with one attached hydrogen (secondary N) is 1. The Morgan fingerprint density at radius 3 is 1.35 bits per heavy atom. The van der Waals surface area contributed by atoms with E-state index in [0.29, 0.717) is 17.4 Å². The Bertz CT molecular complexity index is 1470. The molecular formula is C59H104N2O6P+. The number of aliphatic hydroxyl groups is 1. The van der Waals surface area contributed by atoms with Gasteiger partial charge in [-0.05, 0) is 89.9 Å². The maximum Gasteiger partial charge on any atom is 0.472 e. The Morgan fingerprint density at radius 1 is 0.515 bits per heavy atom. The van der Waals surface area contributed by atoms with Crippen LogP contribution >= 0.6 is 7.82 Å². The molecule has 3 N–H and O–H groups in total. The fraction of sp³-hybridized carbons (Fsp3) is 0.678. The first-order valence-electron chi connectivity index (χ1n) is 27.3. The van der Waals surface area contributed by atoms with E-state index in [4.69, 9.17) is 9.05 Å². The highest BCUT2D eigenvalue weighted by atomic mass is 31.2. The summed E-state index contributed by atoms with van der Waals surface area (Å²) in [5.41, 5.74) is 0. The highest BCUT2D eigenvalue weighted by Gasteiger charge is 2.27. The molecule has 0 aliphatic carbocycles. The molecule has 9 heteroatoms. The van der Waals surface area contributed by atoms with Crippen LogP contribution < -0.4 is 5.32 Å². The van der Waals surface area contributed by atoms with Crippen LogP contribution in [0.25, 0.3) is 0 Å². The van der Waals surface area contributed by atoms with Gasteiger partial charge in [-0.1, -0.05) is 220 Å². The van der Waals surface area contributed by atoms with Crippen LogP contribution in [-0.2, 0) is 18.4 Å². The molecule has 0 bridgehead atoms. The number of likely N-dealkylation sites (N-methyl/N-ethyl adjacent to an activating group) is 1. The van der Waals surface area contributed by atoms with Crippen molar-refractivity contribution in [3.63, 3.8) is 0 Å². The summed E-state index contributed by atoms with van der Waals surface area (Å²) < 4.78 is 23.5. The normalized spacial score (nSPS) is 14.9. The zero-order valence-electron chi connectivity index (χ0n) is 44.3. The summed E-state index contributed by atoms with van der Waals surface area (Å²) in [5, 5.41) is 13.8. The third-order valence-corrected chi connectivity index (χ3v) is 12.5. The zero-order chi connectivity index (χ0) is 49.9. The van der Waals surface area contributed by atoms with Gasteiger partial charge in [-0.2, -0.15) is 0 Å². The van der Waals surface area contributed by atoms with Gasteiger partial charge in [-0.3, -0.25) is 13.8 Å². The third-order valence-electron chi connectivity index (χ3n) is 11.5. The highest BCUT2D eigenvalue weighted by Crippen LogP contribution is 2.43. The molecule has 0 aliphatic heterocycles. The van der Waals surface area contributed by atoms with Gasteiger partial charge in [0.1, 0.15) is 13.2 Å². The molecule has 390 valence electrons. The van der Waals surface area contributed by atoms with Crippen LogP contribution in [0.3, 0.4) is 0 Å². The lowest BCUT2D eigenvalue weighted by atomic mass is 10.0. The van der Waals surface area contributed by atoms with Crippen molar-refractivity contribution in [3.05, 3.63) is 109 Å². The van der Waals surface area contributed by atoms with Crippen molar-refractivity contribution in [1.29, 1.82) is 0 Å². The largest absolute Gasteiger partial charge is 0.472 e. The van der Waals surface area contributed by atoms with E-state index < -0.39 is 20.0 Å². The minimum atomic E-state index is -4.35. The Morgan fingerprint density at radius 2 is 0.897 bits per heavy atom. The van der Waals surface area contributed by atoms with Crippen molar-refractivity contribution in [3.8, 4) is 0 Å². The van der Waals surface area contributed by atoms with Crippen molar-refractivity contribution in [1.82, 2.24) is 5.32 Å². The molecule has 8 nitrogen and oxygen atoms in total. The smallest absolute Gasteiger partial charge is 0.387 e. The van der Waals surface area contributed by atoms with E-state index in [-0.39, 0.29) is 19.1 Å². The number of carbonyl (C=O) groups is 1. The minimum absolute atomic E-state index is 0.0520. The SMILES string of the molecule is CC/C=C\C/C=C\C/C=C\C/C=C\C/C=C\C/C=C\C/C=C\CCCCCCCCCCCCCCCCCC(=O)NC(COP(=O)(O)OCC[N+](C)(C)C)C(O)/C=C/CC/C=C/CCCCC. The Balaban J connectivity index is 3.98. The van der Waals surface area contributed by atoms with Crippen molar-refractivity contribution in [2.75, 3.05) is 40.9 Å². The summed E-state index contributed by atoms with van der Waals surface area (Å²) >= 11 is 0. The van der Waals surface area contributed by atoms with Crippen LogP contribution in [0.1, 0.15) is 206 Å². The number of hydrogen-bond acceptors (Lipinski definition) is 5. The molecule has 0 rings (SSSR count). The molecule has 0 heterocycles. The quantitative estimate of drug-likeness (QED) is 0.0243. The lowest BCUT2D eigenvalue weighted by Gasteiger charge is -2.25. The molecule has 0 aromatic rings. The summed E-state index contributed by atoms with van der Waals surface area (Å²) in [6.07, 6.45) is 72.1. The number of rotatable bonds is 48. The molecule has 0 aliphatic rings. The van der Waals surface area contributed by atoms with Gasteiger partial charge < -0.3 is 19.8 Å². The van der Waals surface area contributed by atoms with E-state index in [9.17, 15) is 19.4 Å². The van der Waals surface area contributed by atoms with Gasteiger partial charge in [0.05, 0.1) is 39.9 Å². The second kappa shape index (κ2) is 49.2. The van der Waals surface area contributed by atoms with E-state index in [1.165, 1.54) is 103 Å². The van der Waals surface area contributed by atoms with E-state index in [2.05, 4.69) is 116 Å². The molecule has 0 saturated carbocycles. The van der Waals surface area contributed by atoms with Crippen LogP contribution in [0, 0.1) is 0 Å². The summed E-state index contributed by atoms with van der Waals surface area (Å²) in [6.45, 7) is 4.61. The zero-order valence-corrected chi connectivity index (χ0v) is 45.2. The van der Waals surface area contributed by atoms with Crippen LogP contribution in [0.4, 0.5) is 0 Å². The number of aliphatic hydroxyl groups excluding tert-OH is 1. The van der Waals surface area contributed by atoms with Gasteiger partial charge in [0.2, 0.25) is 5.91 Å². The summed E-state index contributed by atoms with van der Waals surface area (Å²) in [4.78, 5) is 23.1. The minimum Gasteiger partial charge on any atom is -0.387 e. The number of quaternary nitrogens is 1. The molecule has 0 radical (unpaired) electrons. The Kier molecular flexibility index (Phi) is 47.1. The summed E-state index contributed by atoms with van der Waals surface area (Å²) in [7, 11) is 1.54. The molecule has 0 aromatic heterocycles. The molecule has 0 fully saturated rings. The maximum absolute atomic E-state index is 12.9. The predicted octanol–water partition coefficient (Wildman–Crippen LogP) is 16.4. The van der Waals surface area contributed by atoms with E-state index in [1.807, 2.05) is 27.2 Å². The lowest BCUT2D eigenvalue weighted by Crippen LogP contribution is -2.45. The van der Waals surface area contributed by atoms with Gasteiger partial charge in [0, 0.05) is 6.42 Å². The Hall–Kier alpha value is -2.84. The van der Waals surface area contributed by atoms with Gasteiger partial charge in [-0.25, -0.2) is 4.57 Å². The maximum atomic E-state index is 12.9. The number of carbonyl (C=O) groups excluding carboxylic acids is 1. The highest BCUT2D eigenvalue weighted by molar-refractivity contribution is 7.47. The molecular weight excluding hydrogens is 864 g/mol. The molecule has 0 saturated heterocycles. The van der Waals surface area contributed by atoms with Crippen LogP contribution in [0.2, 0.25) is 0 Å². The number of amides is 1. The van der Waals surface area contributed by atoms with E-state index in [0.717, 1.165) is 83.5 Å². The van der Waals surface area contributed by atoms with Gasteiger partial charge in [-0.15, -0.1) is 0 Å². The first kappa shape index (κ1) is 65.2. The standard InChI is InChI=1S/C59H103N2O6P/c1-6-8-10-12-14-16-17-18-19-20-21-22-23-24-25-26-27-28-29-30-31-32-33-34-35-36-37-38-39-40-41-42-43-45-47-49-51-53-59(63)60-57(56-67-68(64,65)66-55-54-61(3,4)5)58(62)52-50-48-46-44-15-13-11-9-7-2/h8,10,14-16,18-19,21-22,24-25,27-28,30-31,44,50,52,57-58,62H,6-7,9,11-13,17,20,23,26,29,32-43,45-49,51,53-56H2,1-5H3,(H-,60,63,64,65)/p+1/b10-8-,16-14-,19-18-,22-21-,25-24-,28-27-,31-30-,44-15+,52-50+. The first-order valence-corrected chi connectivity index (χ1v) is 28.8. The van der Waals surface area contributed by atoms with E-state index in [1.54, 1.807) is 6.08 Å². The molecule has 3 atom stereocenters. The van der Waals surface area contributed by atoms with Crippen LogP contribution in [0.5, 0.6) is 0 Å². The first-order chi connectivity index (χ1) is 33.0. The number of unbranched alkanes of at least 4 members (excludes halogenated alkanes) is 19. The monoisotopic (exact) mass is 968 g/mol. The number of phosphoric acid groups is 1. The van der Waals surface area contributed by atoms with Gasteiger partial charge in [0.15, 0.2) is 0 Å². The average Bonchev–Trinajstić information content (AvgIpc) is 3.30. The Labute approximate surface area is 419 Å². The van der Waals surface area contributed by atoms with Crippen LogP contribution in [0.15, 0.2) is 109 Å².